The summed E-state index contributed by atoms with van der Waals surface area (Å²) >= 11 is 2.89. The van der Waals surface area contributed by atoms with E-state index >= 15 is 0 Å². The summed E-state index contributed by atoms with van der Waals surface area (Å²) in [6.45, 7) is 2.49. The molecule has 0 saturated carbocycles. The van der Waals surface area contributed by atoms with E-state index in [9.17, 15) is 9.18 Å². The van der Waals surface area contributed by atoms with E-state index in [0.717, 1.165) is 15.1 Å². The van der Waals surface area contributed by atoms with Gasteiger partial charge in [-0.05, 0) is 42.1 Å². The van der Waals surface area contributed by atoms with E-state index in [1.54, 1.807) is 17.4 Å². The van der Waals surface area contributed by atoms with Gasteiger partial charge < -0.3 is 11.1 Å². The Hall–Kier alpha value is -1.92. The first kappa shape index (κ1) is 14.0. The molecule has 0 radical (unpaired) electrons. The molecular formula is C15H13FN2OS2. The number of halogens is 1. The first-order valence-corrected chi connectivity index (χ1v) is 8.04. The first-order chi connectivity index (χ1) is 10.1. The highest BCUT2D eigenvalue weighted by Gasteiger charge is 2.17. The molecule has 3 nitrogen and oxygen atoms in total. The molecule has 0 atom stereocenters. The molecule has 0 bridgehead atoms. The summed E-state index contributed by atoms with van der Waals surface area (Å²) in [5.74, 6) is -0.574. The third-order valence-corrected chi connectivity index (χ3v) is 5.48. The molecule has 0 saturated heterocycles. The summed E-state index contributed by atoms with van der Waals surface area (Å²) in [4.78, 5) is 13.8. The summed E-state index contributed by atoms with van der Waals surface area (Å²) in [5.41, 5.74) is 7.47. The minimum Gasteiger partial charge on any atom is -0.397 e. The van der Waals surface area contributed by atoms with Gasteiger partial charge in [0.2, 0.25) is 0 Å². The Bertz CT molecular complexity index is 822. The minimum atomic E-state index is -0.354. The van der Waals surface area contributed by atoms with E-state index in [2.05, 4.69) is 5.32 Å². The van der Waals surface area contributed by atoms with Crippen molar-refractivity contribution < 1.29 is 9.18 Å². The maximum atomic E-state index is 13.3. The van der Waals surface area contributed by atoms with Gasteiger partial charge >= 0.3 is 0 Å². The number of thiophene rings is 2. The molecule has 3 aromatic rings. The topological polar surface area (TPSA) is 55.1 Å². The Kier molecular flexibility index (Phi) is 3.65. The number of nitrogens with one attached hydrogen (secondary N) is 1. The summed E-state index contributed by atoms with van der Waals surface area (Å²) in [6.07, 6.45) is 0. The van der Waals surface area contributed by atoms with Crippen molar-refractivity contribution in [3.8, 4) is 0 Å². The SMILES string of the molecule is Cc1ccsc1CNC(=O)c1sc2ccc(F)cc2c1N. The molecule has 0 fully saturated rings. The van der Waals surface area contributed by atoms with Crippen LogP contribution in [0.5, 0.6) is 0 Å². The van der Waals surface area contributed by atoms with Crippen molar-refractivity contribution >= 4 is 44.4 Å². The highest BCUT2D eigenvalue weighted by atomic mass is 32.1. The van der Waals surface area contributed by atoms with Crippen LogP contribution in [0.3, 0.4) is 0 Å². The Morgan fingerprint density at radius 2 is 2.19 bits per heavy atom. The fourth-order valence-corrected chi connectivity index (χ4v) is 3.95. The van der Waals surface area contributed by atoms with Crippen molar-refractivity contribution in [3.63, 3.8) is 0 Å². The largest absolute Gasteiger partial charge is 0.397 e. The highest BCUT2D eigenvalue weighted by Crippen LogP contribution is 2.34. The lowest BCUT2D eigenvalue weighted by molar-refractivity contribution is 0.0956. The number of benzene rings is 1. The van der Waals surface area contributed by atoms with Crippen LogP contribution in [0.2, 0.25) is 0 Å². The van der Waals surface area contributed by atoms with E-state index < -0.39 is 0 Å². The Morgan fingerprint density at radius 3 is 2.90 bits per heavy atom. The molecule has 0 aliphatic heterocycles. The van der Waals surface area contributed by atoms with Gasteiger partial charge in [-0.25, -0.2) is 4.39 Å². The second-order valence-electron chi connectivity index (χ2n) is 4.69. The Balaban J connectivity index is 1.84. The number of carbonyl (C=O) groups is 1. The standard InChI is InChI=1S/C15H13FN2OS2/c1-8-4-5-20-12(8)7-18-15(19)14-13(17)10-6-9(16)2-3-11(10)21-14/h2-6H,7,17H2,1H3,(H,18,19). The molecule has 3 N–H and O–H groups in total. The normalized spacial score (nSPS) is 11.0. The summed E-state index contributed by atoms with van der Waals surface area (Å²) in [7, 11) is 0. The molecule has 1 aromatic carbocycles. The molecule has 3 rings (SSSR count). The highest BCUT2D eigenvalue weighted by molar-refractivity contribution is 7.21. The Morgan fingerprint density at radius 1 is 1.38 bits per heavy atom. The average molecular weight is 320 g/mol. The molecule has 0 aliphatic carbocycles. The lowest BCUT2D eigenvalue weighted by Gasteiger charge is -2.03. The predicted octanol–water partition coefficient (Wildman–Crippen LogP) is 3.92. The molecule has 1 amide bonds. The van der Waals surface area contributed by atoms with Gasteiger partial charge in [-0.15, -0.1) is 22.7 Å². The van der Waals surface area contributed by atoms with E-state index in [1.165, 1.54) is 23.5 Å². The number of rotatable bonds is 3. The lowest BCUT2D eigenvalue weighted by Crippen LogP contribution is -2.22. The smallest absolute Gasteiger partial charge is 0.263 e. The number of nitrogen functional groups attached to an aromatic ring is 1. The van der Waals surface area contributed by atoms with Gasteiger partial charge in [-0.3, -0.25) is 4.79 Å². The number of anilines is 1. The van der Waals surface area contributed by atoms with Gasteiger partial charge in [-0.2, -0.15) is 0 Å². The van der Waals surface area contributed by atoms with Gasteiger partial charge in [-0.1, -0.05) is 0 Å². The fourth-order valence-electron chi connectivity index (χ4n) is 2.08. The molecule has 6 heteroatoms. The van der Waals surface area contributed by atoms with Crippen LogP contribution in [0.1, 0.15) is 20.1 Å². The number of hydrogen-bond donors (Lipinski definition) is 2. The number of amides is 1. The molecule has 0 unspecified atom stereocenters. The number of carbonyl (C=O) groups excluding carboxylic acids is 1. The summed E-state index contributed by atoms with van der Waals surface area (Å²) in [6, 6.07) is 6.39. The van der Waals surface area contributed by atoms with E-state index in [1.807, 2.05) is 18.4 Å². The number of hydrogen-bond acceptors (Lipinski definition) is 4. The van der Waals surface area contributed by atoms with Crippen LogP contribution >= 0.6 is 22.7 Å². The fraction of sp³-hybridized carbons (Fsp3) is 0.133. The van der Waals surface area contributed by atoms with Gasteiger partial charge in [0.25, 0.3) is 5.91 Å². The lowest BCUT2D eigenvalue weighted by atomic mass is 10.2. The van der Waals surface area contributed by atoms with Crippen molar-refractivity contribution in [3.05, 3.63) is 50.8 Å². The van der Waals surface area contributed by atoms with Gasteiger partial charge in [0.15, 0.2) is 0 Å². The average Bonchev–Trinajstić information content (AvgIpc) is 3.01. The minimum absolute atomic E-state index is 0.220. The maximum absolute atomic E-state index is 13.3. The second-order valence-corrected chi connectivity index (χ2v) is 6.75. The molecule has 2 heterocycles. The van der Waals surface area contributed by atoms with Crippen molar-refractivity contribution in [1.82, 2.24) is 5.32 Å². The summed E-state index contributed by atoms with van der Waals surface area (Å²) < 4.78 is 14.1. The van der Waals surface area contributed by atoms with Crippen LogP contribution in [0, 0.1) is 12.7 Å². The monoisotopic (exact) mass is 320 g/mol. The molecule has 0 spiro atoms. The quantitative estimate of drug-likeness (QED) is 0.768. The van der Waals surface area contributed by atoms with Crippen LogP contribution < -0.4 is 11.1 Å². The number of nitrogens with two attached hydrogens (primary N) is 1. The van der Waals surface area contributed by atoms with Gasteiger partial charge in [0, 0.05) is 15.0 Å². The van der Waals surface area contributed by atoms with Crippen molar-refractivity contribution in [2.24, 2.45) is 0 Å². The van der Waals surface area contributed by atoms with E-state index in [4.69, 9.17) is 5.73 Å². The molecule has 21 heavy (non-hydrogen) atoms. The first-order valence-electron chi connectivity index (χ1n) is 6.35. The number of aryl methyl sites for hydroxylation is 1. The zero-order valence-corrected chi connectivity index (χ0v) is 12.9. The molecule has 0 aliphatic rings. The number of fused-ring (bicyclic) bond motifs is 1. The zero-order valence-electron chi connectivity index (χ0n) is 11.3. The predicted molar refractivity (Wildman–Crippen MR) is 86.4 cm³/mol. The van der Waals surface area contributed by atoms with Crippen LogP contribution in [0.15, 0.2) is 29.6 Å². The van der Waals surface area contributed by atoms with E-state index in [0.29, 0.717) is 22.5 Å². The van der Waals surface area contributed by atoms with Gasteiger partial charge in [0.05, 0.1) is 12.2 Å². The van der Waals surface area contributed by atoms with Crippen LogP contribution in [-0.2, 0) is 6.54 Å². The van der Waals surface area contributed by atoms with E-state index in [-0.39, 0.29) is 11.7 Å². The van der Waals surface area contributed by atoms with Crippen LogP contribution in [-0.4, -0.2) is 5.91 Å². The third-order valence-electron chi connectivity index (χ3n) is 3.27. The zero-order chi connectivity index (χ0) is 15.0. The summed E-state index contributed by atoms with van der Waals surface area (Å²) in [5, 5.41) is 5.46. The van der Waals surface area contributed by atoms with Crippen LogP contribution in [0.25, 0.3) is 10.1 Å². The molecular weight excluding hydrogens is 307 g/mol. The third kappa shape index (κ3) is 2.64. The molecule has 2 aromatic heterocycles. The van der Waals surface area contributed by atoms with Crippen LogP contribution in [0.4, 0.5) is 10.1 Å². The van der Waals surface area contributed by atoms with Gasteiger partial charge in [0.1, 0.15) is 10.7 Å². The maximum Gasteiger partial charge on any atom is 0.263 e. The van der Waals surface area contributed by atoms with Crippen molar-refractivity contribution in [1.29, 1.82) is 0 Å². The molecule has 108 valence electrons. The van der Waals surface area contributed by atoms with Crippen molar-refractivity contribution in [2.75, 3.05) is 5.73 Å². The second kappa shape index (κ2) is 5.46. The Labute approximate surface area is 129 Å². The van der Waals surface area contributed by atoms with Crippen molar-refractivity contribution in [2.45, 2.75) is 13.5 Å².